The number of nitrogens with two attached hydrogens (primary N) is 1. The highest BCUT2D eigenvalue weighted by atomic mass is 32.2. The van der Waals surface area contributed by atoms with Crippen LogP contribution in [0.15, 0.2) is 35.2 Å². The summed E-state index contributed by atoms with van der Waals surface area (Å²) in [6.07, 6.45) is 0. The standard InChI is InChI=1S/C11H14N2O4S/c1-7(2)6-13-18(16,17)10-5-8(12)3-4-9(10)11(14)15/h3-5,13H,1,6,12H2,2H3,(H,14,15). The number of aromatic carboxylic acids is 1. The second kappa shape index (κ2) is 5.19. The fraction of sp³-hybridized carbons (Fsp3) is 0.182. The van der Waals surface area contributed by atoms with Crippen LogP contribution in [0.4, 0.5) is 5.69 Å². The molecule has 0 saturated heterocycles. The van der Waals surface area contributed by atoms with Gasteiger partial charge in [0.1, 0.15) is 0 Å². The molecule has 0 radical (unpaired) electrons. The van der Waals surface area contributed by atoms with Crippen molar-refractivity contribution < 1.29 is 18.3 Å². The first-order valence-corrected chi connectivity index (χ1v) is 6.49. The minimum atomic E-state index is -3.93. The van der Waals surface area contributed by atoms with E-state index in [2.05, 4.69) is 11.3 Å². The number of benzene rings is 1. The predicted molar refractivity (Wildman–Crippen MR) is 67.8 cm³/mol. The second-order valence-electron chi connectivity index (χ2n) is 3.84. The average molecular weight is 270 g/mol. The Morgan fingerprint density at radius 3 is 2.61 bits per heavy atom. The Labute approximate surface area is 105 Å². The summed E-state index contributed by atoms with van der Waals surface area (Å²) in [6, 6.07) is 3.61. The Kier molecular flexibility index (Phi) is 4.10. The van der Waals surface area contributed by atoms with Gasteiger partial charge in [-0.15, -0.1) is 0 Å². The first-order chi connectivity index (χ1) is 8.24. The number of hydrogen-bond acceptors (Lipinski definition) is 4. The SMILES string of the molecule is C=C(C)CNS(=O)(=O)c1cc(N)ccc1C(=O)O. The Bertz CT molecular complexity index is 593. The summed E-state index contributed by atoms with van der Waals surface area (Å²) in [5.41, 5.74) is 5.94. The summed E-state index contributed by atoms with van der Waals surface area (Å²) in [6.45, 7) is 5.25. The number of hydrogen-bond donors (Lipinski definition) is 3. The van der Waals surface area contributed by atoms with Crippen molar-refractivity contribution in [3.8, 4) is 0 Å². The zero-order valence-corrected chi connectivity index (χ0v) is 10.6. The maximum absolute atomic E-state index is 11.9. The van der Waals surface area contributed by atoms with E-state index in [-0.39, 0.29) is 22.7 Å². The number of rotatable bonds is 5. The van der Waals surface area contributed by atoms with Crippen LogP contribution in [0.2, 0.25) is 0 Å². The molecule has 7 heteroatoms. The number of carboxylic acid groups (broad SMARTS) is 1. The van der Waals surface area contributed by atoms with Crippen LogP contribution < -0.4 is 10.5 Å². The van der Waals surface area contributed by atoms with Crippen molar-refractivity contribution in [3.63, 3.8) is 0 Å². The molecule has 0 unspecified atom stereocenters. The first kappa shape index (κ1) is 14.2. The Hall–Kier alpha value is -1.86. The molecule has 0 saturated carbocycles. The van der Waals surface area contributed by atoms with E-state index in [0.29, 0.717) is 5.57 Å². The largest absolute Gasteiger partial charge is 0.478 e. The highest BCUT2D eigenvalue weighted by molar-refractivity contribution is 7.89. The maximum Gasteiger partial charge on any atom is 0.337 e. The monoisotopic (exact) mass is 270 g/mol. The molecule has 0 heterocycles. The minimum Gasteiger partial charge on any atom is -0.478 e. The molecule has 0 spiro atoms. The van der Waals surface area contributed by atoms with Crippen LogP contribution in [0.25, 0.3) is 0 Å². The molecule has 1 aromatic carbocycles. The zero-order valence-electron chi connectivity index (χ0n) is 9.80. The summed E-state index contributed by atoms with van der Waals surface area (Å²) in [4.78, 5) is 10.6. The molecule has 98 valence electrons. The summed E-state index contributed by atoms with van der Waals surface area (Å²) in [7, 11) is -3.93. The molecule has 0 aliphatic rings. The summed E-state index contributed by atoms with van der Waals surface area (Å²) >= 11 is 0. The fourth-order valence-corrected chi connectivity index (χ4v) is 2.56. The minimum absolute atomic E-state index is 0.0379. The van der Waals surface area contributed by atoms with Crippen LogP contribution in [0.5, 0.6) is 0 Å². The quantitative estimate of drug-likeness (QED) is 0.542. The summed E-state index contributed by atoms with van der Waals surface area (Å²) in [5, 5.41) is 8.95. The van der Waals surface area contributed by atoms with Crippen molar-refractivity contribution in [3.05, 3.63) is 35.9 Å². The molecule has 18 heavy (non-hydrogen) atoms. The third-order valence-electron chi connectivity index (χ3n) is 2.09. The number of anilines is 1. The third kappa shape index (κ3) is 3.31. The van der Waals surface area contributed by atoms with Crippen molar-refractivity contribution in [2.75, 3.05) is 12.3 Å². The van der Waals surface area contributed by atoms with Crippen LogP contribution in [0.3, 0.4) is 0 Å². The predicted octanol–water partition coefficient (Wildman–Crippen LogP) is 0.821. The smallest absolute Gasteiger partial charge is 0.337 e. The van der Waals surface area contributed by atoms with E-state index in [0.717, 1.165) is 12.1 Å². The summed E-state index contributed by atoms with van der Waals surface area (Å²) in [5.74, 6) is -1.33. The van der Waals surface area contributed by atoms with Gasteiger partial charge in [0, 0.05) is 12.2 Å². The lowest BCUT2D eigenvalue weighted by Gasteiger charge is -2.10. The van der Waals surface area contributed by atoms with Gasteiger partial charge in [0.2, 0.25) is 10.0 Å². The van der Waals surface area contributed by atoms with E-state index < -0.39 is 16.0 Å². The lowest BCUT2D eigenvalue weighted by atomic mass is 10.2. The molecule has 0 bridgehead atoms. The van der Waals surface area contributed by atoms with Crippen LogP contribution in [-0.4, -0.2) is 26.0 Å². The number of nitrogen functional groups attached to an aromatic ring is 1. The topological polar surface area (TPSA) is 109 Å². The molecular weight excluding hydrogens is 256 g/mol. The second-order valence-corrected chi connectivity index (χ2v) is 5.58. The Morgan fingerprint density at radius 1 is 1.50 bits per heavy atom. The van der Waals surface area contributed by atoms with Crippen LogP contribution in [0, 0.1) is 0 Å². The lowest BCUT2D eigenvalue weighted by Crippen LogP contribution is -2.27. The van der Waals surface area contributed by atoms with Crippen LogP contribution >= 0.6 is 0 Å². The lowest BCUT2D eigenvalue weighted by molar-refractivity contribution is 0.0692. The first-order valence-electron chi connectivity index (χ1n) is 5.01. The molecule has 0 aromatic heterocycles. The van der Waals surface area contributed by atoms with Crippen molar-refractivity contribution in [2.45, 2.75) is 11.8 Å². The van der Waals surface area contributed by atoms with Crippen molar-refractivity contribution in [1.82, 2.24) is 4.72 Å². The van der Waals surface area contributed by atoms with Crippen LogP contribution in [0.1, 0.15) is 17.3 Å². The van der Waals surface area contributed by atoms with Gasteiger partial charge in [0.25, 0.3) is 0 Å². The molecule has 0 aliphatic heterocycles. The average Bonchev–Trinajstić information content (AvgIpc) is 2.26. The fourth-order valence-electron chi connectivity index (χ4n) is 1.23. The molecule has 6 nitrogen and oxygen atoms in total. The normalized spacial score (nSPS) is 11.2. The number of carbonyl (C=O) groups is 1. The van der Waals surface area contributed by atoms with Gasteiger partial charge in [-0.3, -0.25) is 0 Å². The van der Waals surface area contributed by atoms with E-state index in [9.17, 15) is 13.2 Å². The van der Waals surface area contributed by atoms with Gasteiger partial charge in [0.15, 0.2) is 0 Å². The third-order valence-corrected chi connectivity index (χ3v) is 3.53. The zero-order chi connectivity index (χ0) is 13.9. The molecule has 4 N–H and O–H groups in total. The maximum atomic E-state index is 11.9. The van der Waals surface area contributed by atoms with E-state index in [1.165, 1.54) is 6.07 Å². The molecule has 1 aromatic rings. The highest BCUT2D eigenvalue weighted by Gasteiger charge is 2.22. The molecule has 1 rings (SSSR count). The van der Waals surface area contributed by atoms with E-state index >= 15 is 0 Å². The molecule has 0 aliphatic carbocycles. The van der Waals surface area contributed by atoms with Gasteiger partial charge in [-0.05, 0) is 25.1 Å². The van der Waals surface area contributed by atoms with Crippen molar-refractivity contribution >= 4 is 21.7 Å². The van der Waals surface area contributed by atoms with Crippen LogP contribution in [-0.2, 0) is 10.0 Å². The van der Waals surface area contributed by atoms with E-state index in [1.54, 1.807) is 6.92 Å². The van der Waals surface area contributed by atoms with Gasteiger partial charge in [-0.2, -0.15) is 0 Å². The Morgan fingerprint density at radius 2 is 2.11 bits per heavy atom. The van der Waals surface area contributed by atoms with Gasteiger partial charge in [-0.1, -0.05) is 12.2 Å². The Balaban J connectivity index is 3.26. The van der Waals surface area contributed by atoms with Gasteiger partial charge in [0.05, 0.1) is 10.5 Å². The van der Waals surface area contributed by atoms with E-state index in [1.807, 2.05) is 0 Å². The van der Waals surface area contributed by atoms with E-state index in [4.69, 9.17) is 10.8 Å². The summed E-state index contributed by atoms with van der Waals surface area (Å²) < 4.78 is 26.1. The number of carboxylic acids is 1. The number of sulfonamides is 1. The van der Waals surface area contributed by atoms with Crippen molar-refractivity contribution in [2.24, 2.45) is 0 Å². The highest BCUT2D eigenvalue weighted by Crippen LogP contribution is 2.19. The molecular formula is C11H14N2O4S. The molecule has 0 atom stereocenters. The van der Waals surface area contributed by atoms with Crippen molar-refractivity contribution in [1.29, 1.82) is 0 Å². The number of nitrogens with one attached hydrogen (secondary N) is 1. The molecule has 0 amide bonds. The van der Waals surface area contributed by atoms with Gasteiger partial charge in [-0.25, -0.2) is 17.9 Å². The van der Waals surface area contributed by atoms with Gasteiger partial charge < -0.3 is 10.8 Å². The van der Waals surface area contributed by atoms with Gasteiger partial charge >= 0.3 is 5.97 Å². The molecule has 0 fully saturated rings.